The molecule has 1 heterocycles. The highest BCUT2D eigenvalue weighted by atomic mass is 127. The molecule has 0 bridgehead atoms. The van der Waals surface area contributed by atoms with E-state index < -0.39 is 17.2 Å². The molecule has 30 heavy (non-hydrogen) atoms. The molecule has 0 aliphatic carbocycles. The highest BCUT2D eigenvalue weighted by Gasteiger charge is 2.25. The van der Waals surface area contributed by atoms with Gasteiger partial charge in [0.05, 0.1) is 17.8 Å². The third-order valence-electron chi connectivity index (χ3n) is 4.35. The number of nitrogens with zero attached hydrogens (tertiary/aromatic N) is 2. The predicted molar refractivity (Wildman–Crippen MR) is 133 cm³/mol. The van der Waals surface area contributed by atoms with Crippen LogP contribution >= 0.6 is 24.0 Å². The molecule has 1 atom stereocenters. The molecule has 0 saturated heterocycles. The molecule has 9 heteroatoms. The number of carbonyl (C=O) groups excluding carboxylic acids is 1. The van der Waals surface area contributed by atoms with E-state index in [4.69, 9.17) is 9.15 Å². The van der Waals surface area contributed by atoms with E-state index in [1.165, 1.54) is 0 Å². The summed E-state index contributed by atoms with van der Waals surface area (Å²) in [7, 11) is 1.73. The molecular weight excluding hydrogens is 497 g/mol. The van der Waals surface area contributed by atoms with E-state index in [2.05, 4.69) is 39.7 Å². The average Bonchev–Trinajstić information content (AvgIpc) is 3.12. The second-order valence-corrected chi connectivity index (χ2v) is 8.57. The molecule has 174 valence electrons. The summed E-state index contributed by atoms with van der Waals surface area (Å²) in [6.45, 7) is 16.6. The molecule has 1 unspecified atom stereocenters. The monoisotopic (exact) mass is 537 g/mol. The van der Waals surface area contributed by atoms with Crippen molar-refractivity contribution in [2.45, 2.75) is 65.6 Å². The molecule has 0 aliphatic heterocycles. The fraction of sp³-hybridized carbons (Fsp3) is 0.714. The van der Waals surface area contributed by atoms with E-state index in [0.29, 0.717) is 19.0 Å². The summed E-state index contributed by atoms with van der Waals surface area (Å²) in [5.41, 5.74) is -1.05. The smallest absolute Gasteiger partial charge is 0.408 e. The fourth-order valence-corrected chi connectivity index (χ4v) is 2.90. The molecule has 1 amide bonds. The number of rotatable bonds is 9. The standard InChI is InChI=1S/C21H39N5O3.HI/c1-9-26(10-2)16(17-12-11-13-28-17)14-23-18(22-8)24-15-21(6,7)25-19(27)29-20(3,4)5;/h11-13,16H,9-10,14-15H2,1-8H3,(H,25,27)(H2,22,23,24);1H. The first kappa shape index (κ1) is 28.5. The van der Waals surface area contributed by atoms with Crippen molar-refractivity contribution in [1.82, 2.24) is 20.9 Å². The Morgan fingerprint density at radius 3 is 2.30 bits per heavy atom. The number of carbonyl (C=O) groups is 1. The van der Waals surface area contributed by atoms with Crippen LogP contribution < -0.4 is 16.0 Å². The number of halogens is 1. The molecule has 0 aromatic carbocycles. The first-order valence-electron chi connectivity index (χ1n) is 10.2. The summed E-state index contributed by atoms with van der Waals surface area (Å²) in [6.07, 6.45) is 1.26. The summed E-state index contributed by atoms with van der Waals surface area (Å²) in [4.78, 5) is 18.7. The zero-order valence-electron chi connectivity index (χ0n) is 19.7. The van der Waals surface area contributed by atoms with Crippen molar-refractivity contribution in [3.63, 3.8) is 0 Å². The van der Waals surface area contributed by atoms with Gasteiger partial charge in [0.2, 0.25) is 0 Å². The van der Waals surface area contributed by atoms with Gasteiger partial charge >= 0.3 is 6.09 Å². The van der Waals surface area contributed by atoms with Gasteiger partial charge in [-0.3, -0.25) is 9.89 Å². The number of alkyl carbamates (subject to hydrolysis) is 1. The molecular formula is C21H40IN5O3. The lowest BCUT2D eigenvalue weighted by molar-refractivity contribution is 0.0474. The fourth-order valence-electron chi connectivity index (χ4n) is 2.90. The third-order valence-corrected chi connectivity index (χ3v) is 4.35. The second kappa shape index (κ2) is 13.0. The van der Waals surface area contributed by atoms with Gasteiger partial charge in [-0.05, 0) is 59.8 Å². The third kappa shape index (κ3) is 10.5. The van der Waals surface area contributed by atoms with Crippen molar-refractivity contribution in [3.05, 3.63) is 24.2 Å². The van der Waals surface area contributed by atoms with Crippen LogP contribution in [0.5, 0.6) is 0 Å². The Kier molecular flexibility index (Phi) is 12.4. The summed E-state index contributed by atoms with van der Waals surface area (Å²) in [5.74, 6) is 1.58. The van der Waals surface area contributed by atoms with E-state index in [1.54, 1.807) is 13.3 Å². The Bertz CT molecular complexity index is 638. The molecule has 0 aliphatic rings. The first-order chi connectivity index (χ1) is 13.5. The molecule has 3 N–H and O–H groups in total. The molecule has 1 rings (SSSR count). The molecule has 8 nitrogen and oxygen atoms in total. The van der Waals surface area contributed by atoms with Gasteiger partial charge in [-0.15, -0.1) is 24.0 Å². The summed E-state index contributed by atoms with van der Waals surface area (Å²) in [6, 6.07) is 4.00. The van der Waals surface area contributed by atoms with Crippen LogP contribution in [-0.4, -0.2) is 61.3 Å². The minimum absolute atomic E-state index is 0. The Morgan fingerprint density at radius 1 is 1.20 bits per heavy atom. The van der Waals surface area contributed by atoms with Crippen molar-refractivity contribution in [3.8, 4) is 0 Å². The maximum Gasteiger partial charge on any atom is 0.408 e. The highest BCUT2D eigenvalue weighted by molar-refractivity contribution is 14.0. The summed E-state index contributed by atoms with van der Waals surface area (Å²) in [5, 5.41) is 9.52. The summed E-state index contributed by atoms with van der Waals surface area (Å²) >= 11 is 0. The maximum atomic E-state index is 12.1. The van der Waals surface area contributed by atoms with Gasteiger partial charge in [0.15, 0.2) is 5.96 Å². The molecule has 0 spiro atoms. The van der Waals surface area contributed by atoms with Gasteiger partial charge < -0.3 is 25.1 Å². The number of likely N-dealkylation sites (N-methyl/N-ethyl adjacent to an activating group) is 1. The molecule has 0 fully saturated rings. The van der Waals surface area contributed by atoms with Crippen molar-refractivity contribution >= 4 is 36.0 Å². The predicted octanol–water partition coefficient (Wildman–Crippen LogP) is 3.75. The van der Waals surface area contributed by atoms with E-state index in [0.717, 1.165) is 18.8 Å². The van der Waals surface area contributed by atoms with Gasteiger partial charge in [-0.1, -0.05) is 13.8 Å². The normalized spacial score (nSPS) is 13.4. The zero-order valence-corrected chi connectivity index (χ0v) is 22.0. The Balaban J connectivity index is 0.00000841. The summed E-state index contributed by atoms with van der Waals surface area (Å²) < 4.78 is 11.0. The van der Waals surface area contributed by atoms with Crippen molar-refractivity contribution < 1.29 is 13.9 Å². The number of amides is 1. The molecule has 1 aromatic heterocycles. The Morgan fingerprint density at radius 2 is 1.83 bits per heavy atom. The van der Waals surface area contributed by atoms with Gasteiger partial charge in [-0.2, -0.15) is 0 Å². The molecule has 0 radical (unpaired) electrons. The van der Waals surface area contributed by atoms with Crippen LogP contribution in [0.25, 0.3) is 0 Å². The van der Waals surface area contributed by atoms with Crippen molar-refractivity contribution in [2.75, 3.05) is 33.2 Å². The molecule has 0 saturated carbocycles. The largest absolute Gasteiger partial charge is 0.468 e. The van der Waals surface area contributed by atoms with Gasteiger partial charge in [0.1, 0.15) is 11.4 Å². The van der Waals surface area contributed by atoms with Gasteiger partial charge in [-0.25, -0.2) is 4.79 Å². The number of guanidine groups is 1. The van der Waals surface area contributed by atoms with Crippen LogP contribution in [0.1, 0.15) is 60.3 Å². The van der Waals surface area contributed by atoms with Crippen molar-refractivity contribution in [2.24, 2.45) is 4.99 Å². The SMILES string of the molecule is CCN(CC)C(CNC(=NC)NCC(C)(C)NC(=O)OC(C)(C)C)c1ccco1.I. The number of ether oxygens (including phenoxy) is 1. The van der Waals surface area contributed by atoms with Crippen LogP contribution in [0.2, 0.25) is 0 Å². The lowest BCUT2D eigenvalue weighted by atomic mass is 10.1. The van der Waals surface area contributed by atoms with Crippen LogP contribution in [0.4, 0.5) is 4.79 Å². The average molecular weight is 537 g/mol. The van der Waals surface area contributed by atoms with Crippen LogP contribution in [0, 0.1) is 0 Å². The minimum Gasteiger partial charge on any atom is -0.468 e. The maximum absolute atomic E-state index is 12.1. The van der Waals surface area contributed by atoms with Gasteiger partial charge in [0.25, 0.3) is 0 Å². The first-order valence-corrected chi connectivity index (χ1v) is 10.2. The van der Waals surface area contributed by atoms with E-state index >= 15 is 0 Å². The van der Waals surface area contributed by atoms with Crippen LogP contribution in [0.15, 0.2) is 27.8 Å². The van der Waals surface area contributed by atoms with Crippen molar-refractivity contribution in [1.29, 1.82) is 0 Å². The Labute approximate surface area is 198 Å². The lowest BCUT2D eigenvalue weighted by Crippen LogP contribution is -2.54. The number of hydrogen-bond acceptors (Lipinski definition) is 5. The number of aliphatic imine (C=N–C) groups is 1. The Hall–Kier alpha value is -1.49. The van der Waals surface area contributed by atoms with E-state index in [-0.39, 0.29) is 30.0 Å². The van der Waals surface area contributed by atoms with Crippen LogP contribution in [0.3, 0.4) is 0 Å². The topological polar surface area (TPSA) is 91.1 Å². The molecule has 1 aromatic rings. The van der Waals surface area contributed by atoms with Crippen LogP contribution in [-0.2, 0) is 4.74 Å². The van der Waals surface area contributed by atoms with E-state index in [9.17, 15) is 4.79 Å². The van der Waals surface area contributed by atoms with E-state index in [1.807, 2.05) is 46.8 Å². The number of furan rings is 1. The number of hydrogen-bond donors (Lipinski definition) is 3. The highest BCUT2D eigenvalue weighted by Crippen LogP contribution is 2.20. The minimum atomic E-state index is -0.531. The zero-order chi connectivity index (χ0) is 22.1. The van der Waals surface area contributed by atoms with Gasteiger partial charge in [0, 0.05) is 20.1 Å². The lowest BCUT2D eigenvalue weighted by Gasteiger charge is -2.31. The quantitative estimate of drug-likeness (QED) is 0.253. The second-order valence-electron chi connectivity index (χ2n) is 8.57. The number of nitrogens with one attached hydrogen (secondary N) is 3.